The van der Waals surface area contributed by atoms with Crippen molar-refractivity contribution < 1.29 is 0 Å². The highest BCUT2D eigenvalue weighted by molar-refractivity contribution is 5.77. The maximum atomic E-state index is 9.13. The molecule has 1 saturated heterocycles. The molecule has 0 spiro atoms. The summed E-state index contributed by atoms with van der Waals surface area (Å²) < 4.78 is 0. The molecule has 5 heteroatoms. The van der Waals surface area contributed by atoms with Crippen molar-refractivity contribution in [2.24, 2.45) is 16.1 Å². The van der Waals surface area contributed by atoms with Gasteiger partial charge in [0.1, 0.15) is 0 Å². The van der Waals surface area contributed by atoms with E-state index in [1.54, 1.807) is 0 Å². The minimum Gasteiger partial charge on any atom is -0.370 e. The van der Waals surface area contributed by atoms with Crippen LogP contribution in [0.3, 0.4) is 0 Å². The average molecular weight is 263 g/mol. The number of nitrogens with zero attached hydrogens (tertiary/aromatic N) is 3. The van der Waals surface area contributed by atoms with Gasteiger partial charge in [0.05, 0.1) is 18.0 Å². The SMILES string of the molecule is CCN1CCCC1CNC(N)=NCC1(C#N)CCC1. The number of likely N-dealkylation sites (tertiary alicyclic amines) is 1. The van der Waals surface area contributed by atoms with E-state index in [4.69, 9.17) is 11.0 Å². The van der Waals surface area contributed by atoms with Gasteiger partial charge in [-0.3, -0.25) is 9.89 Å². The van der Waals surface area contributed by atoms with Crippen LogP contribution in [0, 0.1) is 16.7 Å². The van der Waals surface area contributed by atoms with E-state index < -0.39 is 0 Å². The molecule has 2 rings (SSSR count). The summed E-state index contributed by atoms with van der Waals surface area (Å²) in [5.74, 6) is 0.490. The van der Waals surface area contributed by atoms with Gasteiger partial charge in [0, 0.05) is 12.6 Å². The first kappa shape index (κ1) is 14.1. The second kappa shape index (κ2) is 6.25. The molecule has 1 aliphatic carbocycles. The second-order valence-corrected chi connectivity index (χ2v) is 5.75. The fourth-order valence-electron chi connectivity index (χ4n) is 2.97. The molecule has 1 saturated carbocycles. The summed E-state index contributed by atoms with van der Waals surface area (Å²) in [4.78, 5) is 6.82. The molecule has 0 radical (unpaired) electrons. The minimum atomic E-state index is -0.227. The number of nitrogens with one attached hydrogen (secondary N) is 1. The Bertz CT molecular complexity index is 367. The van der Waals surface area contributed by atoms with Crippen LogP contribution in [0.1, 0.15) is 39.0 Å². The van der Waals surface area contributed by atoms with Gasteiger partial charge in [-0.25, -0.2) is 0 Å². The van der Waals surface area contributed by atoms with Crippen molar-refractivity contribution in [3.05, 3.63) is 0 Å². The van der Waals surface area contributed by atoms with Crippen LogP contribution in [0.15, 0.2) is 4.99 Å². The molecule has 0 aromatic heterocycles. The minimum absolute atomic E-state index is 0.227. The van der Waals surface area contributed by atoms with E-state index in [1.165, 1.54) is 19.4 Å². The van der Waals surface area contributed by atoms with Gasteiger partial charge in [0.15, 0.2) is 5.96 Å². The fraction of sp³-hybridized carbons (Fsp3) is 0.857. The highest BCUT2D eigenvalue weighted by Crippen LogP contribution is 2.40. The third-order valence-electron chi connectivity index (χ3n) is 4.52. The molecule has 2 fully saturated rings. The van der Waals surface area contributed by atoms with Crippen LogP contribution in [-0.2, 0) is 0 Å². The van der Waals surface area contributed by atoms with Crippen LogP contribution < -0.4 is 11.1 Å². The van der Waals surface area contributed by atoms with E-state index in [2.05, 4.69) is 28.2 Å². The Morgan fingerprint density at radius 2 is 2.32 bits per heavy atom. The van der Waals surface area contributed by atoms with E-state index >= 15 is 0 Å². The van der Waals surface area contributed by atoms with Crippen LogP contribution in [0.2, 0.25) is 0 Å². The summed E-state index contributed by atoms with van der Waals surface area (Å²) in [6, 6.07) is 2.96. The van der Waals surface area contributed by atoms with E-state index in [0.717, 1.165) is 32.4 Å². The standard InChI is InChI=1S/C14H25N5/c1-2-19-8-3-5-12(19)9-17-13(16)18-11-14(10-15)6-4-7-14/h12H,2-9,11H2,1H3,(H3,16,17,18). The van der Waals surface area contributed by atoms with E-state index in [1.807, 2.05) is 0 Å². The van der Waals surface area contributed by atoms with Crippen LogP contribution in [0.4, 0.5) is 0 Å². The van der Waals surface area contributed by atoms with Crippen LogP contribution in [-0.4, -0.2) is 43.1 Å². The van der Waals surface area contributed by atoms with Crippen molar-refractivity contribution in [1.82, 2.24) is 10.2 Å². The van der Waals surface area contributed by atoms with E-state index in [0.29, 0.717) is 18.5 Å². The lowest BCUT2D eigenvalue weighted by Crippen LogP contribution is -2.43. The summed E-state index contributed by atoms with van der Waals surface area (Å²) >= 11 is 0. The Labute approximate surface area is 115 Å². The van der Waals surface area contributed by atoms with Gasteiger partial charge in [-0.1, -0.05) is 13.3 Å². The summed E-state index contributed by atoms with van der Waals surface area (Å²) in [6.45, 7) is 5.90. The first-order valence-corrected chi connectivity index (χ1v) is 7.38. The number of hydrogen-bond acceptors (Lipinski definition) is 3. The lowest BCUT2D eigenvalue weighted by Gasteiger charge is -2.33. The first-order valence-electron chi connectivity index (χ1n) is 7.38. The van der Waals surface area contributed by atoms with Gasteiger partial charge in [-0.2, -0.15) is 5.26 Å². The molecule has 1 heterocycles. The molecule has 1 aliphatic heterocycles. The van der Waals surface area contributed by atoms with Crippen LogP contribution in [0.25, 0.3) is 0 Å². The summed E-state index contributed by atoms with van der Waals surface area (Å²) in [7, 11) is 0. The van der Waals surface area contributed by atoms with Gasteiger partial charge in [-0.05, 0) is 38.8 Å². The number of rotatable bonds is 5. The number of hydrogen-bond donors (Lipinski definition) is 2. The maximum Gasteiger partial charge on any atom is 0.188 e. The van der Waals surface area contributed by atoms with Gasteiger partial charge in [0.2, 0.25) is 0 Å². The predicted molar refractivity (Wildman–Crippen MR) is 76.7 cm³/mol. The molecule has 106 valence electrons. The molecular weight excluding hydrogens is 238 g/mol. The van der Waals surface area contributed by atoms with Gasteiger partial charge in [0.25, 0.3) is 0 Å². The monoisotopic (exact) mass is 263 g/mol. The second-order valence-electron chi connectivity index (χ2n) is 5.75. The molecule has 1 unspecified atom stereocenters. The Kier molecular flexibility index (Phi) is 4.65. The Morgan fingerprint density at radius 3 is 2.89 bits per heavy atom. The highest BCUT2D eigenvalue weighted by Gasteiger charge is 2.37. The third-order valence-corrected chi connectivity index (χ3v) is 4.52. The Hall–Kier alpha value is -1.28. The normalized spacial score (nSPS) is 26.7. The molecule has 19 heavy (non-hydrogen) atoms. The molecule has 3 N–H and O–H groups in total. The maximum absolute atomic E-state index is 9.13. The summed E-state index contributed by atoms with van der Waals surface area (Å²) in [5, 5.41) is 12.3. The van der Waals surface area contributed by atoms with Gasteiger partial charge >= 0.3 is 0 Å². The number of guanidine groups is 1. The number of likely N-dealkylation sites (N-methyl/N-ethyl adjacent to an activating group) is 1. The third kappa shape index (κ3) is 3.38. The smallest absolute Gasteiger partial charge is 0.188 e. The average Bonchev–Trinajstić information content (AvgIpc) is 2.83. The Balaban J connectivity index is 1.75. The lowest BCUT2D eigenvalue weighted by molar-refractivity contribution is 0.226. The lowest BCUT2D eigenvalue weighted by atomic mass is 9.70. The molecule has 2 aliphatic rings. The Morgan fingerprint density at radius 1 is 1.53 bits per heavy atom. The van der Waals surface area contributed by atoms with Crippen LogP contribution in [0.5, 0.6) is 0 Å². The van der Waals surface area contributed by atoms with Gasteiger partial charge in [-0.15, -0.1) is 0 Å². The fourth-order valence-corrected chi connectivity index (χ4v) is 2.97. The summed E-state index contributed by atoms with van der Waals surface area (Å²) in [6.07, 6.45) is 5.58. The van der Waals surface area contributed by atoms with Crippen molar-refractivity contribution in [3.8, 4) is 6.07 Å². The van der Waals surface area contributed by atoms with E-state index in [9.17, 15) is 0 Å². The zero-order chi connectivity index (χ0) is 13.7. The topological polar surface area (TPSA) is 77.4 Å². The molecule has 1 atom stereocenters. The largest absolute Gasteiger partial charge is 0.370 e. The molecule has 0 amide bonds. The molecule has 5 nitrogen and oxygen atoms in total. The highest BCUT2D eigenvalue weighted by atomic mass is 15.2. The molecule has 0 bridgehead atoms. The number of nitriles is 1. The molecular formula is C14H25N5. The van der Waals surface area contributed by atoms with Crippen molar-refractivity contribution in [2.45, 2.75) is 45.1 Å². The number of nitrogens with two attached hydrogens (primary N) is 1. The first-order chi connectivity index (χ1) is 9.19. The van der Waals surface area contributed by atoms with E-state index in [-0.39, 0.29) is 5.41 Å². The molecule has 0 aromatic rings. The summed E-state index contributed by atoms with van der Waals surface area (Å²) in [5.41, 5.74) is 5.66. The van der Waals surface area contributed by atoms with Crippen molar-refractivity contribution in [3.63, 3.8) is 0 Å². The zero-order valence-electron chi connectivity index (χ0n) is 11.9. The predicted octanol–water partition coefficient (Wildman–Crippen LogP) is 1.07. The van der Waals surface area contributed by atoms with Gasteiger partial charge < -0.3 is 11.1 Å². The quantitative estimate of drug-likeness (QED) is 0.574. The zero-order valence-corrected chi connectivity index (χ0v) is 11.9. The van der Waals surface area contributed by atoms with Crippen LogP contribution >= 0.6 is 0 Å². The molecule has 0 aromatic carbocycles. The number of aliphatic imine (C=N–C) groups is 1. The van der Waals surface area contributed by atoms with Crippen molar-refractivity contribution >= 4 is 5.96 Å². The van der Waals surface area contributed by atoms with Crippen molar-refractivity contribution in [1.29, 1.82) is 5.26 Å². The van der Waals surface area contributed by atoms with Crippen molar-refractivity contribution in [2.75, 3.05) is 26.2 Å².